The molecule has 0 aliphatic heterocycles. The molecule has 0 unspecified atom stereocenters. The van der Waals surface area contributed by atoms with Crippen molar-refractivity contribution in [1.29, 1.82) is 0 Å². The largest absolute Gasteiger partial charge is 0.384 e. The number of rotatable bonds is 2. The quantitative estimate of drug-likeness (QED) is 0.855. The van der Waals surface area contributed by atoms with Crippen molar-refractivity contribution < 1.29 is 0 Å². The molecular formula is C14H15N3. The Morgan fingerprint density at radius 1 is 1.12 bits per heavy atom. The third-order valence-corrected chi connectivity index (χ3v) is 3.05. The molecule has 1 aromatic heterocycles. The molecule has 1 heterocycles. The summed E-state index contributed by atoms with van der Waals surface area (Å²) in [5, 5.41) is 0. The first-order valence-corrected chi connectivity index (χ1v) is 5.94. The second-order valence-corrected chi connectivity index (χ2v) is 4.68. The minimum atomic E-state index is 0.530. The van der Waals surface area contributed by atoms with Gasteiger partial charge in [0.05, 0.1) is 5.69 Å². The lowest BCUT2D eigenvalue weighted by Crippen LogP contribution is -1.99. The fourth-order valence-electron chi connectivity index (χ4n) is 1.88. The molecule has 0 amide bonds. The molecule has 1 aliphatic rings. The highest BCUT2D eigenvalue weighted by atomic mass is 15.0. The molecule has 0 spiro atoms. The summed E-state index contributed by atoms with van der Waals surface area (Å²) in [5.41, 5.74) is 9.12. The van der Waals surface area contributed by atoms with Gasteiger partial charge in [-0.1, -0.05) is 29.8 Å². The van der Waals surface area contributed by atoms with Gasteiger partial charge in [0.15, 0.2) is 0 Å². The van der Waals surface area contributed by atoms with Crippen molar-refractivity contribution in [2.45, 2.75) is 25.7 Å². The van der Waals surface area contributed by atoms with Crippen LogP contribution in [-0.2, 0) is 0 Å². The first kappa shape index (κ1) is 10.3. The third-order valence-electron chi connectivity index (χ3n) is 3.05. The van der Waals surface area contributed by atoms with E-state index in [0.29, 0.717) is 11.7 Å². The summed E-state index contributed by atoms with van der Waals surface area (Å²) in [7, 11) is 0. The van der Waals surface area contributed by atoms with Crippen LogP contribution < -0.4 is 5.73 Å². The molecule has 0 atom stereocenters. The van der Waals surface area contributed by atoms with Crippen LogP contribution in [-0.4, -0.2) is 9.97 Å². The van der Waals surface area contributed by atoms with E-state index in [2.05, 4.69) is 41.2 Å². The zero-order valence-corrected chi connectivity index (χ0v) is 9.85. The van der Waals surface area contributed by atoms with Gasteiger partial charge in [-0.15, -0.1) is 0 Å². The molecule has 3 rings (SSSR count). The molecule has 17 heavy (non-hydrogen) atoms. The Balaban J connectivity index is 2.04. The summed E-state index contributed by atoms with van der Waals surface area (Å²) in [6.07, 6.45) is 2.38. The molecule has 1 aromatic carbocycles. The molecular weight excluding hydrogens is 210 g/mol. The van der Waals surface area contributed by atoms with Crippen LogP contribution in [0.15, 0.2) is 30.3 Å². The zero-order valence-electron chi connectivity index (χ0n) is 9.85. The van der Waals surface area contributed by atoms with E-state index >= 15 is 0 Å². The summed E-state index contributed by atoms with van der Waals surface area (Å²) in [6.45, 7) is 2.08. The summed E-state index contributed by atoms with van der Waals surface area (Å²) in [4.78, 5) is 8.91. The van der Waals surface area contributed by atoms with Crippen molar-refractivity contribution in [2.75, 3.05) is 5.73 Å². The van der Waals surface area contributed by atoms with E-state index in [0.717, 1.165) is 17.1 Å². The van der Waals surface area contributed by atoms with E-state index in [-0.39, 0.29) is 0 Å². The molecule has 0 radical (unpaired) electrons. The van der Waals surface area contributed by atoms with Gasteiger partial charge in [-0.05, 0) is 19.8 Å². The maximum atomic E-state index is 5.84. The van der Waals surface area contributed by atoms with Crippen LogP contribution in [0.5, 0.6) is 0 Å². The van der Waals surface area contributed by atoms with Gasteiger partial charge < -0.3 is 5.73 Å². The number of nitrogens with zero attached hydrogens (tertiary/aromatic N) is 2. The van der Waals surface area contributed by atoms with Gasteiger partial charge in [0, 0.05) is 17.5 Å². The average molecular weight is 225 g/mol. The predicted molar refractivity (Wildman–Crippen MR) is 68.6 cm³/mol. The molecule has 3 heteroatoms. The molecule has 1 saturated carbocycles. The van der Waals surface area contributed by atoms with Crippen molar-refractivity contribution in [2.24, 2.45) is 0 Å². The fourth-order valence-corrected chi connectivity index (χ4v) is 1.88. The minimum Gasteiger partial charge on any atom is -0.384 e. The smallest absolute Gasteiger partial charge is 0.134 e. The zero-order chi connectivity index (χ0) is 11.8. The monoisotopic (exact) mass is 225 g/mol. The lowest BCUT2D eigenvalue weighted by molar-refractivity contribution is 0.936. The summed E-state index contributed by atoms with van der Waals surface area (Å²) in [6, 6.07) is 10.2. The van der Waals surface area contributed by atoms with Crippen molar-refractivity contribution in [1.82, 2.24) is 9.97 Å². The van der Waals surface area contributed by atoms with Crippen molar-refractivity contribution >= 4 is 5.82 Å². The fraction of sp³-hybridized carbons (Fsp3) is 0.286. The molecule has 3 nitrogen and oxygen atoms in total. The summed E-state index contributed by atoms with van der Waals surface area (Å²) >= 11 is 0. The molecule has 1 aliphatic carbocycles. The van der Waals surface area contributed by atoms with Gasteiger partial charge >= 0.3 is 0 Å². The van der Waals surface area contributed by atoms with Gasteiger partial charge in [0.25, 0.3) is 0 Å². The van der Waals surface area contributed by atoms with Gasteiger partial charge in [-0.3, -0.25) is 0 Å². The lowest BCUT2D eigenvalue weighted by Gasteiger charge is -2.05. The third kappa shape index (κ3) is 2.13. The van der Waals surface area contributed by atoms with Gasteiger partial charge in [-0.2, -0.15) is 0 Å². The Morgan fingerprint density at radius 3 is 2.47 bits per heavy atom. The Bertz CT molecular complexity index is 542. The number of nitrogens with two attached hydrogens (primary N) is 1. The van der Waals surface area contributed by atoms with Crippen LogP contribution >= 0.6 is 0 Å². The Labute approximate surface area is 101 Å². The van der Waals surface area contributed by atoms with E-state index in [1.54, 1.807) is 0 Å². The SMILES string of the molecule is Cc1ccc(-c2cc(N)nc(C3CC3)n2)cc1. The van der Waals surface area contributed by atoms with Crippen LogP contribution in [0.25, 0.3) is 11.3 Å². The normalized spacial score (nSPS) is 14.9. The highest BCUT2D eigenvalue weighted by Crippen LogP contribution is 2.38. The standard InChI is InChI=1S/C14H15N3/c1-9-2-4-10(5-3-9)12-8-13(15)17-14(16-12)11-6-7-11/h2-5,8,11H,6-7H2,1H3,(H2,15,16,17). The molecule has 0 bridgehead atoms. The van der Waals surface area contributed by atoms with Gasteiger partial charge in [-0.25, -0.2) is 9.97 Å². The first-order chi connectivity index (χ1) is 8.22. The van der Waals surface area contributed by atoms with E-state index in [1.807, 2.05) is 6.07 Å². The second-order valence-electron chi connectivity index (χ2n) is 4.68. The first-order valence-electron chi connectivity index (χ1n) is 5.94. The van der Waals surface area contributed by atoms with E-state index in [9.17, 15) is 0 Å². The van der Waals surface area contributed by atoms with Crippen LogP contribution in [0.1, 0.15) is 30.1 Å². The molecule has 2 aromatic rings. The van der Waals surface area contributed by atoms with Gasteiger partial charge in [0.2, 0.25) is 0 Å². The van der Waals surface area contributed by atoms with Crippen LogP contribution in [0, 0.1) is 6.92 Å². The predicted octanol–water partition coefficient (Wildman–Crippen LogP) is 2.91. The average Bonchev–Trinajstić information content (AvgIpc) is 3.13. The topological polar surface area (TPSA) is 51.8 Å². The molecule has 86 valence electrons. The Hall–Kier alpha value is -1.90. The van der Waals surface area contributed by atoms with E-state index < -0.39 is 0 Å². The number of hydrogen-bond donors (Lipinski definition) is 1. The summed E-state index contributed by atoms with van der Waals surface area (Å²) < 4.78 is 0. The molecule has 0 saturated heterocycles. The number of nitrogen functional groups attached to an aromatic ring is 1. The van der Waals surface area contributed by atoms with Crippen LogP contribution in [0.2, 0.25) is 0 Å². The second kappa shape index (κ2) is 3.84. The molecule has 2 N–H and O–H groups in total. The molecule has 1 fully saturated rings. The van der Waals surface area contributed by atoms with Crippen molar-refractivity contribution in [3.8, 4) is 11.3 Å². The maximum Gasteiger partial charge on any atom is 0.134 e. The van der Waals surface area contributed by atoms with E-state index in [1.165, 1.54) is 18.4 Å². The van der Waals surface area contributed by atoms with E-state index in [4.69, 9.17) is 5.73 Å². The highest BCUT2D eigenvalue weighted by molar-refractivity contribution is 5.62. The maximum absolute atomic E-state index is 5.84. The highest BCUT2D eigenvalue weighted by Gasteiger charge is 2.27. The number of hydrogen-bond acceptors (Lipinski definition) is 3. The number of aromatic nitrogens is 2. The lowest BCUT2D eigenvalue weighted by atomic mass is 10.1. The Kier molecular flexibility index (Phi) is 2.32. The van der Waals surface area contributed by atoms with Crippen molar-refractivity contribution in [3.63, 3.8) is 0 Å². The number of aryl methyl sites for hydroxylation is 1. The summed E-state index contributed by atoms with van der Waals surface area (Å²) in [5.74, 6) is 2.00. The number of anilines is 1. The minimum absolute atomic E-state index is 0.530. The number of benzene rings is 1. The van der Waals surface area contributed by atoms with Crippen LogP contribution in [0.3, 0.4) is 0 Å². The van der Waals surface area contributed by atoms with Gasteiger partial charge in [0.1, 0.15) is 11.6 Å². The Morgan fingerprint density at radius 2 is 1.82 bits per heavy atom. The van der Waals surface area contributed by atoms with Crippen molar-refractivity contribution in [3.05, 3.63) is 41.7 Å². The van der Waals surface area contributed by atoms with Crippen LogP contribution in [0.4, 0.5) is 5.82 Å².